The molecule has 1 N–H and O–H groups in total. The zero-order chi connectivity index (χ0) is 17.5. The summed E-state index contributed by atoms with van der Waals surface area (Å²) < 4.78 is 15.3. The standard InChI is InChI=1S/C17H20N2O5/c1-11(2)9-22-14-6-4-13(5-7-14)17(21)23-10-16(20)18-15-8-12(3)24-19-15/h4-8,11H,9-10H2,1-3H3,(H,18,19,20). The van der Waals surface area contributed by atoms with Crippen LogP contribution in [0.4, 0.5) is 5.82 Å². The number of rotatable bonds is 7. The molecule has 128 valence electrons. The van der Waals surface area contributed by atoms with Crippen molar-refractivity contribution >= 4 is 17.7 Å². The molecule has 0 aliphatic heterocycles. The number of carbonyl (C=O) groups excluding carboxylic acids is 2. The van der Waals surface area contributed by atoms with Gasteiger partial charge in [-0.15, -0.1) is 0 Å². The smallest absolute Gasteiger partial charge is 0.338 e. The summed E-state index contributed by atoms with van der Waals surface area (Å²) in [6.07, 6.45) is 0. The quantitative estimate of drug-likeness (QED) is 0.784. The van der Waals surface area contributed by atoms with Crippen LogP contribution in [0.5, 0.6) is 5.75 Å². The van der Waals surface area contributed by atoms with Gasteiger partial charge in [-0.1, -0.05) is 19.0 Å². The molecule has 0 spiro atoms. The van der Waals surface area contributed by atoms with Crippen molar-refractivity contribution in [3.8, 4) is 5.75 Å². The maximum Gasteiger partial charge on any atom is 0.338 e. The van der Waals surface area contributed by atoms with Crippen LogP contribution >= 0.6 is 0 Å². The fraction of sp³-hybridized carbons (Fsp3) is 0.353. The second kappa shape index (κ2) is 8.14. The maximum atomic E-state index is 11.9. The first-order valence-corrected chi connectivity index (χ1v) is 7.57. The third-order valence-electron chi connectivity index (χ3n) is 2.90. The van der Waals surface area contributed by atoms with E-state index in [0.717, 1.165) is 0 Å². The van der Waals surface area contributed by atoms with Crippen LogP contribution in [0, 0.1) is 12.8 Å². The van der Waals surface area contributed by atoms with Crippen molar-refractivity contribution in [1.82, 2.24) is 5.16 Å². The van der Waals surface area contributed by atoms with Gasteiger partial charge in [-0.2, -0.15) is 0 Å². The highest BCUT2D eigenvalue weighted by atomic mass is 16.5. The Morgan fingerprint density at radius 3 is 2.54 bits per heavy atom. The second-order valence-electron chi connectivity index (χ2n) is 5.68. The summed E-state index contributed by atoms with van der Waals surface area (Å²) in [5.74, 6) is 0.869. The molecule has 0 fully saturated rings. The summed E-state index contributed by atoms with van der Waals surface area (Å²) >= 11 is 0. The lowest BCUT2D eigenvalue weighted by Gasteiger charge is -2.09. The van der Waals surface area contributed by atoms with Gasteiger partial charge in [0.05, 0.1) is 12.2 Å². The molecule has 0 atom stereocenters. The van der Waals surface area contributed by atoms with E-state index in [2.05, 4.69) is 24.3 Å². The largest absolute Gasteiger partial charge is 0.493 e. The Morgan fingerprint density at radius 1 is 1.25 bits per heavy atom. The Balaban J connectivity index is 1.80. The van der Waals surface area contributed by atoms with Crippen LogP contribution in [-0.2, 0) is 9.53 Å². The van der Waals surface area contributed by atoms with Crippen molar-refractivity contribution in [3.05, 3.63) is 41.7 Å². The first-order valence-electron chi connectivity index (χ1n) is 7.57. The summed E-state index contributed by atoms with van der Waals surface area (Å²) in [5, 5.41) is 6.08. The van der Waals surface area contributed by atoms with Crippen LogP contribution < -0.4 is 10.1 Å². The van der Waals surface area contributed by atoms with E-state index in [9.17, 15) is 9.59 Å². The Bertz CT molecular complexity index is 691. The Morgan fingerprint density at radius 2 is 1.96 bits per heavy atom. The molecular formula is C17H20N2O5. The summed E-state index contributed by atoms with van der Waals surface area (Å²) in [4.78, 5) is 23.6. The Labute approximate surface area is 139 Å². The van der Waals surface area contributed by atoms with E-state index in [0.29, 0.717) is 29.6 Å². The number of amides is 1. The average Bonchev–Trinajstić information content (AvgIpc) is 2.96. The van der Waals surface area contributed by atoms with Crippen molar-refractivity contribution in [1.29, 1.82) is 0 Å². The van der Waals surface area contributed by atoms with Crippen LogP contribution in [0.1, 0.15) is 30.0 Å². The number of anilines is 1. The van der Waals surface area contributed by atoms with E-state index in [1.165, 1.54) is 0 Å². The average molecular weight is 332 g/mol. The van der Waals surface area contributed by atoms with Crippen LogP contribution in [0.3, 0.4) is 0 Å². The number of hydrogen-bond donors (Lipinski definition) is 1. The van der Waals surface area contributed by atoms with Crippen LogP contribution in [-0.4, -0.2) is 30.2 Å². The van der Waals surface area contributed by atoms with Gasteiger partial charge in [0, 0.05) is 6.07 Å². The number of nitrogens with one attached hydrogen (secondary N) is 1. The van der Waals surface area contributed by atoms with Gasteiger partial charge in [-0.05, 0) is 37.1 Å². The van der Waals surface area contributed by atoms with Crippen LogP contribution in [0.25, 0.3) is 0 Å². The fourth-order valence-electron chi connectivity index (χ4n) is 1.77. The van der Waals surface area contributed by atoms with E-state index in [-0.39, 0.29) is 5.82 Å². The van der Waals surface area contributed by atoms with Crippen molar-refractivity contribution in [2.45, 2.75) is 20.8 Å². The van der Waals surface area contributed by atoms with Crippen molar-refractivity contribution in [2.24, 2.45) is 5.92 Å². The first kappa shape index (κ1) is 17.5. The van der Waals surface area contributed by atoms with Gasteiger partial charge in [0.2, 0.25) is 0 Å². The third kappa shape index (κ3) is 5.42. The minimum atomic E-state index is -0.586. The monoisotopic (exact) mass is 332 g/mol. The van der Waals surface area contributed by atoms with Crippen molar-refractivity contribution < 1.29 is 23.6 Å². The molecule has 7 heteroatoms. The van der Waals surface area contributed by atoms with Gasteiger partial charge >= 0.3 is 5.97 Å². The molecule has 0 saturated heterocycles. The molecule has 0 unspecified atom stereocenters. The van der Waals surface area contributed by atoms with Crippen LogP contribution in [0.2, 0.25) is 0 Å². The number of nitrogens with zero attached hydrogens (tertiary/aromatic N) is 1. The molecule has 1 amide bonds. The van der Waals surface area contributed by atoms with Gasteiger partial charge in [0.15, 0.2) is 12.4 Å². The number of esters is 1. The Kier molecular flexibility index (Phi) is 5.95. The SMILES string of the molecule is Cc1cc(NC(=O)COC(=O)c2ccc(OCC(C)C)cc2)no1. The molecule has 1 heterocycles. The molecule has 7 nitrogen and oxygen atoms in total. The molecule has 1 aromatic carbocycles. The lowest BCUT2D eigenvalue weighted by Crippen LogP contribution is -2.21. The molecule has 0 radical (unpaired) electrons. The predicted octanol–water partition coefficient (Wildman–Crippen LogP) is 2.81. The van der Waals surface area contributed by atoms with Gasteiger partial charge < -0.3 is 19.3 Å². The first-order chi connectivity index (χ1) is 11.4. The molecule has 0 bridgehead atoms. The third-order valence-corrected chi connectivity index (χ3v) is 2.90. The lowest BCUT2D eigenvalue weighted by molar-refractivity contribution is -0.119. The highest BCUT2D eigenvalue weighted by molar-refractivity contribution is 5.95. The van der Waals surface area contributed by atoms with Crippen molar-refractivity contribution in [2.75, 3.05) is 18.5 Å². The number of aromatic nitrogens is 1. The number of benzene rings is 1. The summed E-state index contributed by atoms with van der Waals surface area (Å²) in [5.41, 5.74) is 0.344. The molecule has 1 aromatic heterocycles. The van der Waals surface area contributed by atoms with Crippen molar-refractivity contribution in [3.63, 3.8) is 0 Å². The highest BCUT2D eigenvalue weighted by Crippen LogP contribution is 2.14. The van der Waals surface area contributed by atoms with E-state index < -0.39 is 18.5 Å². The number of carbonyl (C=O) groups is 2. The minimum Gasteiger partial charge on any atom is -0.493 e. The van der Waals surface area contributed by atoms with Crippen LogP contribution in [0.15, 0.2) is 34.9 Å². The van der Waals surface area contributed by atoms with E-state index in [1.54, 1.807) is 37.3 Å². The fourth-order valence-corrected chi connectivity index (χ4v) is 1.77. The minimum absolute atomic E-state index is 0.278. The van der Waals surface area contributed by atoms with Gasteiger partial charge in [-0.25, -0.2) is 4.79 Å². The van der Waals surface area contributed by atoms with Gasteiger partial charge in [-0.3, -0.25) is 4.79 Å². The number of hydrogen-bond acceptors (Lipinski definition) is 6. The number of ether oxygens (including phenoxy) is 2. The summed E-state index contributed by atoms with van der Waals surface area (Å²) in [7, 11) is 0. The Hall–Kier alpha value is -2.83. The summed E-state index contributed by atoms with van der Waals surface area (Å²) in [6, 6.07) is 8.14. The topological polar surface area (TPSA) is 90.7 Å². The maximum absolute atomic E-state index is 11.9. The van der Waals surface area contributed by atoms with E-state index >= 15 is 0 Å². The van der Waals surface area contributed by atoms with Gasteiger partial charge in [0.25, 0.3) is 5.91 Å². The summed E-state index contributed by atoms with van der Waals surface area (Å²) in [6.45, 7) is 6.01. The van der Waals surface area contributed by atoms with E-state index in [1.807, 2.05) is 0 Å². The van der Waals surface area contributed by atoms with E-state index in [4.69, 9.17) is 14.0 Å². The molecule has 0 saturated carbocycles. The number of aryl methyl sites for hydroxylation is 1. The normalized spacial score (nSPS) is 10.5. The molecule has 2 aromatic rings. The molecule has 0 aliphatic carbocycles. The molecular weight excluding hydrogens is 312 g/mol. The second-order valence-corrected chi connectivity index (χ2v) is 5.68. The zero-order valence-electron chi connectivity index (χ0n) is 13.9. The molecule has 2 rings (SSSR count). The van der Waals surface area contributed by atoms with Gasteiger partial charge in [0.1, 0.15) is 11.5 Å². The molecule has 24 heavy (non-hydrogen) atoms. The zero-order valence-corrected chi connectivity index (χ0v) is 13.9. The lowest BCUT2D eigenvalue weighted by atomic mass is 10.2. The predicted molar refractivity (Wildman–Crippen MR) is 86.9 cm³/mol. The highest BCUT2D eigenvalue weighted by Gasteiger charge is 2.12. The molecule has 0 aliphatic rings.